The number of aliphatic hydroxyl groups excluding tert-OH is 1. The van der Waals surface area contributed by atoms with Crippen molar-refractivity contribution in [3.05, 3.63) is 44.6 Å². The molecule has 0 aliphatic carbocycles. The molecular formula is C13H14BrClN2O. The number of halogens is 2. The molecule has 5 heteroatoms. The van der Waals surface area contributed by atoms with Gasteiger partial charge < -0.3 is 5.11 Å². The van der Waals surface area contributed by atoms with Gasteiger partial charge >= 0.3 is 0 Å². The summed E-state index contributed by atoms with van der Waals surface area (Å²) in [5.41, 5.74) is 3.48. The Morgan fingerprint density at radius 1 is 1.39 bits per heavy atom. The van der Waals surface area contributed by atoms with E-state index in [0.29, 0.717) is 5.02 Å². The summed E-state index contributed by atoms with van der Waals surface area (Å²) < 4.78 is 2.68. The van der Waals surface area contributed by atoms with E-state index in [9.17, 15) is 5.11 Å². The molecule has 0 unspecified atom stereocenters. The minimum Gasteiger partial charge on any atom is -0.389 e. The van der Waals surface area contributed by atoms with Gasteiger partial charge in [-0.1, -0.05) is 17.7 Å². The number of aliphatic hydroxyl groups is 1. The Kier molecular flexibility index (Phi) is 3.80. The van der Waals surface area contributed by atoms with Gasteiger partial charge in [0.1, 0.15) is 0 Å². The number of nitrogens with zero attached hydrogens (tertiary/aromatic N) is 2. The highest BCUT2D eigenvalue weighted by atomic mass is 79.9. The van der Waals surface area contributed by atoms with Gasteiger partial charge in [-0.2, -0.15) is 5.10 Å². The van der Waals surface area contributed by atoms with Gasteiger partial charge in [0, 0.05) is 4.47 Å². The molecule has 0 fully saturated rings. The molecule has 1 heterocycles. The third-order valence-electron chi connectivity index (χ3n) is 2.89. The van der Waals surface area contributed by atoms with Gasteiger partial charge in [-0.3, -0.25) is 0 Å². The maximum atomic E-state index is 9.55. The number of rotatable bonds is 2. The second-order valence-corrected chi connectivity index (χ2v) is 5.52. The molecule has 0 aliphatic rings. The number of aryl methyl sites for hydroxylation is 1. The molecular weight excluding hydrogens is 316 g/mol. The highest BCUT2D eigenvalue weighted by molar-refractivity contribution is 9.10. The van der Waals surface area contributed by atoms with E-state index in [0.717, 1.165) is 27.1 Å². The molecule has 1 atom stereocenters. The monoisotopic (exact) mass is 328 g/mol. The molecule has 3 nitrogen and oxygen atoms in total. The van der Waals surface area contributed by atoms with Crippen LogP contribution in [-0.2, 0) is 0 Å². The summed E-state index contributed by atoms with van der Waals surface area (Å²) >= 11 is 9.65. The zero-order valence-electron chi connectivity index (χ0n) is 10.4. The second kappa shape index (κ2) is 5.03. The van der Waals surface area contributed by atoms with Crippen LogP contribution in [0.15, 0.2) is 22.7 Å². The van der Waals surface area contributed by atoms with Crippen molar-refractivity contribution in [3.8, 4) is 5.69 Å². The van der Waals surface area contributed by atoms with Crippen molar-refractivity contribution in [3.63, 3.8) is 0 Å². The van der Waals surface area contributed by atoms with Crippen LogP contribution in [-0.4, -0.2) is 14.9 Å². The minimum atomic E-state index is -0.487. The Morgan fingerprint density at radius 3 is 2.50 bits per heavy atom. The molecule has 0 saturated heterocycles. The van der Waals surface area contributed by atoms with Gasteiger partial charge in [0.2, 0.25) is 0 Å². The maximum absolute atomic E-state index is 9.55. The van der Waals surface area contributed by atoms with Crippen molar-refractivity contribution < 1.29 is 5.11 Å². The average molecular weight is 330 g/mol. The normalized spacial score (nSPS) is 12.8. The molecule has 96 valence electrons. The van der Waals surface area contributed by atoms with E-state index in [1.807, 2.05) is 32.0 Å². The Hall–Kier alpha value is -0.840. The molecule has 2 aromatic rings. The van der Waals surface area contributed by atoms with E-state index in [4.69, 9.17) is 11.6 Å². The standard InChI is InChI=1S/C13H14BrClN2O/c1-7-13(15)8(2)17(16-7)12-5-4-10(9(3)18)6-11(12)14/h4-6,9,18H,1-3H3/t9-/m1/s1. The summed E-state index contributed by atoms with van der Waals surface area (Å²) in [7, 11) is 0. The third kappa shape index (κ3) is 2.32. The lowest BCUT2D eigenvalue weighted by Gasteiger charge is -2.10. The average Bonchev–Trinajstić information content (AvgIpc) is 2.57. The fourth-order valence-corrected chi connectivity index (χ4v) is 2.50. The first-order valence-corrected chi connectivity index (χ1v) is 6.78. The largest absolute Gasteiger partial charge is 0.389 e. The second-order valence-electron chi connectivity index (χ2n) is 4.28. The Balaban J connectivity index is 2.54. The first-order valence-electron chi connectivity index (χ1n) is 5.61. The van der Waals surface area contributed by atoms with Crippen LogP contribution in [0.2, 0.25) is 5.02 Å². The molecule has 2 rings (SSSR count). The summed E-state index contributed by atoms with van der Waals surface area (Å²) in [6, 6.07) is 5.70. The fourth-order valence-electron chi connectivity index (χ4n) is 1.81. The zero-order valence-corrected chi connectivity index (χ0v) is 12.7. The molecule has 0 saturated carbocycles. The van der Waals surface area contributed by atoms with Crippen molar-refractivity contribution in [2.75, 3.05) is 0 Å². The lowest BCUT2D eigenvalue weighted by atomic mass is 10.1. The molecule has 1 aromatic carbocycles. The summed E-state index contributed by atoms with van der Waals surface area (Å²) in [4.78, 5) is 0. The predicted octanol–water partition coefficient (Wildman–Crippen LogP) is 3.96. The van der Waals surface area contributed by atoms with Gasteiger partial charge in [-0.25, -0.2) is 4.68 Å². The summed E-state index contributed by atoms with van der Waals surface area (Å²) in [6.07, 6.45) is -0.487. The van der Waals surface area contributed by atoms with Crippen molar-refractivity contribution in [2.24, 2.45) is 0 Å². The van der Waals surface area contributed by atoms with Gasteiger partial charge in [0.15, 0.2) is 0 Å². The number of hydrogen-bond donors (Lipinski definition) is 1. The van der Waals surface area contributed by atoms with Crippen molar-refractivity contribution in [2.45, 2.75) is 26.9 Å². The third-order valence-corrected chi connectivity index (χ3v) is 4.07. The molecule has 18 heavy (non-hydrogen) atoms. The highest BCUT2D eigenvalue weighted by Gasteiger charge is 2.13. The molecule has 0 aliphatic heterocycles. The molecule has 1 N–H and O–H groups in total. The van der Waals surface area contributed by atoms with Gasteiger partial charge in [0.05, 0.1) is 28.2 Å². The summed E-state index contributed by atoms with van der Waals surface area (Å²) in [6.45, 7) is 5.54. The quantitative estimate of drug-likeness (QED) is 0.905. The molecule has 0 radical (unpaired) electrons. The van der Waals surface area contributed by atoms with Gasteiger partial charge in [-0.15, -0.1) is 0 Å². The Bertz CT molecular complexity index is 593. The van der Waals surface area contributed by atoms with Gasteiger partial charge in [-0.05, 0) is 54.4 Å². The Labute approximate surface area is 120 Å². The number of benzene rings is 1. The number of aromatic nitrogens is 2. The van der Waals surface area contributed by atoms with E-state index in [1.54, 1.807) is 11.6 Å². The smallest absolute Gasteiger partial charge is 0.0848 e. The van der Waals surface area contributed by atoms with Crippen molar-refractivity contribution >= 4 is 27.5 Å². The molecule has 0 amide bonds. The maximum Gasteiger partial charge on any atom is 0.0848 e. The lowest BCUT2D eigenvalue weighted by molar-refractivity contribution is 0.199. The van der Waals surface area contributed by atoms with Crippen LogP contribution in [0.25, 0.3) is 5.69 Å². The first kappa shape index (κ1) is 13.6. The van der Waals surface area contributed by atoms with Crippen LogP contribution in [0.1, 0.15) is 30.0 Å². The van der Waals surface area contributed by atoms with E-state index in [-0.39, 0.29) is 0 Å². The van der Waals surface area contributed by atoms with E-state index in [1.165, 1.54) is 0 Å². The lowest BCUT2D eigenvalue weighted by Crippen LogP contribution is -2.01. The summed E-state index contributed by atoms with van der Waals surface area (Å²) in [5, 5.41) is 14.6. The predicted molar refractivity (Wildman–Crippen MR) is 76.4 cm³/mol. The molecule has 1 aromatic heterocycles. The van der Waals surface area contributed by atoms with E-state index < -0.39 is 6.10 Å². The SMILES string of the molecule is Cc1nn(-c2ccc([C@@H](C)O)cc2Br)c(C)c1Cl. The molecule has 0 spiro atoms. The van der Waals surface area contributed by atoms with Crippen LogP contribution >= 0.6 is 27.5 Å². The van der Waals surface area contributed by atoms with Crippen LogP contribution < -0.4 is 0 Å². The summed E-state index contributed by atoms with van der Waals surface area (Å²) in [5.74, 6) is 0. The van der Waals surface area contributed by atoms with Crippen LogP contribution in [0.4, 0.5) is 0 Å². The molecule has 0 bridgehead atoms. The van der Waals surface area contributed by atoms with Crippen LogP contribution in [0, 0.1) is 13.8 Å². The van der Waals surface area contributed by atoms with Crippen LogP contribution in [0.3, 0.4) is 0 Å². The van der Waals surface area contributed by atoms with E-state index >= 15 is 0 Å². The topological polar surface area (TPSA) is 38.0 Å². The van der Waals surface area contributed by atoms with Crippen molar-refractivity contribution in [1.29, 1.82) is 0 Å². The van der Waals surface area contributed by atoms with E-state index in [2.05, 4.69) is 21.0 Å². The Morgan fingerprint density at radius 2 is 2.06 bits per heavy atom. The number of hydrogen-bond acceptors (Lipinski definition) is 2. The van der Waals surface area contributed by atoms with Crippen molar-refractivity contribution in [1.82, 2.24) is 9.78 Å². The fraction of sp³-hybridized carbons (Fsp3) is 0.308. The van der Waals surface area contributed by atoms with Crippen LogP contribution in [0.5, 0.6) is 0 Å². The highest BCUT2D eigenvalue weighted by Crippen LogP contribution is 2.29. The minimum absolute atomic E-state index is 0.487. The first-order chi connectivity index (χ1) is 8.41. The zero-order chi connectivity index (χ0) is 13.4. The van der Waals surface area contributed by atoms with Gasteiger partial charge in [0.25, 0.3) is 0 Å².